The molecule has 1 heterocycles. The second-order valence-electron chi connectivity index (χ2n) is 6.70. The minimum Gasteiger partial charge on any atom is -0.352 e. The van der Waals surface area contributed by atoms with E-state index in [-0.39, 0.29) is 0 Å². The molecule has 1 saturated carbocycles. The molecular weight excluding hydrogens is 244 g/mol. The van der Waals surface area contributed by atoms with Crippen LogP contribution in [-0.2, 0) is 6.42 Å². The Morgan fingerprint density at radius 1 is 1.20 bits per heavy atom. The third-order valence-corrected chi connectivity index (χ3v) is 5.26. The number of nitrogens with zero attached hydrogens (tertiary/aromatic N) is 2. The Bertz CT molecular complexity index is 454. The molecule has 1 aliphatic heterocycles. The van der Waals surface area contributed by atoms with Gasteiger partial charge in [-0.25, -0.2) is 0 Å². The molecule has 2 nitrogen and oxygen atoms in total. The summed E-state index contributed by atoms with van der Waals surface area (Å²) in [5.74, 6) is 0.868. The van der Waals surface area contributed by atoms with Crippen molar-refractivity contribution >= 4 is 5.69 Å². The monoisotopic (exact) mass is 272 g/mol. The van der Waals surface area contributed by atoms with Crippen LogP contribution in [0.25, 0.3) is 0 Å². The van der Waals surface area contributed by atoms with Gasteiger partial charge < -0.3 is 4.90 Å². The maximum atomic E-state index is 2.75. The summed E-state index contributed by atoms with van der Waals surface area (Å²) < 4.78 is 0. The Morgan fingerprint density at radius 2 is 1.95 bits per heavy atom. The van der Waals surface area contributed by atoms with Crippen LogP contribution in [0.3, 0.4) is 0 Å². The van der Waals surface area contributed by atoms with E-state index in [1.807, 2.05) is 0 Å². The number of hydrogen-bond acceptors (Lipinski definition) is 2. The van der Waals surface area contributed by atoms with Crippen molar-refractivity contribution < 1.29 is 0 Å². The number of benzene rings is 1. The third kappa shape index (κ3) is 2.35. The van der Waals surface area contributed by atoms with Crippen molar-refractivity contribution in [3.8, 4) is 0 Å². The van der Waals surface area contributed by atoms with Crippen molar-refractivity contribution in [2.24, 2.45) is 5.92 Å². The van der Waals surface area contributed by atoms with Crippen molar-refractivity contribution in [3.63, 3.8) is 0 Å². The summed E-state index contributed by atoms with van der Waals surface area (Å²) in [7, 11) is 4.45. The number of hydrogen-bond donors (Lipinski definition) is 0. The summed E-state index contributed by atoms with van der Waals surface area (Å²) in [6, 6.07) is 9.85. The van der Waals surface area contributed by atoms with E-state index >= 15 is 0 Å². The predicted molar refractivity (Wildman–Crippen MR) is 86.1 cm³/mol. The molecular formula is C18H28N2. The fourth-order valence-electron chi connectivity index (χ4n) is 4.38. The quantitative estimate of drug-likeness (QED) is 0.823. The number of para-hydroxylation sites is 1. The molecule has 2 heteroatoms. The second kappa shape index (κ2) is 5.77. The van der Waals surface area contributed by atoms with Gasteiger partial charge in [0.05, 0.1) is 6.17 Å². The first kappa shape index (κ1) is 13.9. The lowest BCUT2D eigenvalue weighted by atomic mass is 9.76. The van der Waals surface area contributed by atoms with E-state index in [9.17, 15) is 0 Å². The zero-order valence-corrected chi connectivity index (χ0v) is 13.2. The average Bonchev–Trinajstić information content (AvgIpc) is 2.47. The van der Waals surface area contributed by atoms with Crippen molar-refractivity contribution in [3.05, 3.63) is 29.8 Å². The van der Waals surface area contributed by atoms with Gasteiger partial charge in [0.25, 0.3) is 0 Å². The van der Waals surface area contributed by atoms with E-state index in [4.69, 9.17) is 0 Å². The van der Waals surface area contributed by atoms with Gasteiger partial charge in [0.1, 0.15) is 0 Å². The van der Waals surface area contributed by atoms with Gasteiger partial charge in [-0.2, -0.15) is 0 Å². The van der Waals surface area contributed by atoms with Gasteiger partial charge in [0.15, 0.2) is 0 Å². The molecule has 20 heavy (non-hydrogen) atoms. The molecule has 2 aliphatic rings. The Morgan fingerprint density at radius 3 is 2.70 bits per heavy atom. The molecule has 1 aromatic carbocycles. The third-order valence-electron chi connectivity index (χ3n) is 5.26. The average molecular weight is 272 g/mol. The van der Waals surface area contributed by atoms with Gasteiger partial charge in [-0.1, -0.05) is 38.0 Å². The highest BCUT2D eigenvalue weighted by Crippen LogP contribution is 2.42. The van der Waals surface area contributed by atoms with Crippen LogP contribution >= 0.6 is 0 Å². The number of fused-ring (bicyclic) bond motifs is 2. The zero-order chi connectivity index (χ0) is 14.1. The van der Waals surface area contributed by atoms with Crippen molar-refractivity contribution in [2.75, 3.05) is 19.0 Å². The molecule has 0 saturated heterocycles. The number of rotatable bonds is 3. The Kier molecular flexibility index (Phi) is 4.02. The molecule has 1 fully saturated rings. The van der Waals surface area contributed by atoms with E-state index in [0.29, 0.717) is 6.17 Å². The highest BCUT2D eigenvalue weighted by Gasteiger charge is 2.38. The standard InChI is InChI=1S/C18H28N2/c1-4-18(19(2)3)20-16-11-7-5-9-14(16)13-15-10-6-8-12-17(15)20/h5,7,9,11,15,17-18H,4,6,8,10,12-13H2,1-3H3/t15-,17+,18?/m0/s1. The predicted octanol–water partition coefficient (Wildman–Crippen LogP) is 3.91. The summed E-state index contributed by atoms with van der Waals surface area (Å²) >= 11 is 0. The van der Waals surface area contributed by atoms with Gasteiger partial charge in [-0.3, -0.25) is 4.90 Å². The summed E-state index contributed by atoms with van der Waals surface area (Å²) in [4.78, 5) is 5.15. The summed E-state index contributed by atoms with van der Waals surface area (Å²) in [6.45, 7) is 2.32. The van der Waals surface area contributed by atoms with E-state index in [0.717, 1.165) is 12.0 Å². The second-order valence-corrected chi connectivity index (χ2v) is 6.70. The lowest BCUT2D eigenvalue weighted by molar-refractivity contribution is 0.198. The van der Waals surface area contributed by atoms with Gasteiger partial charge in [-0.15, -0.1) is 0 Å². The van der Waals surface area contributed by atoms with Crippen LogP contribution in [0, 0.1) is 5.92 Å². The molecule has 1 aromatic rings. The minimum absolute atomic E-state index is 0.530. The Labute approximate surface area is 123 Å². The van der Waals surface area contributed by atoms with Crippen molar-refractivity contribution in [2.45, 2.75) is 57.7 Å². The van der Waals surface area contributed by atoms with Crippen LogP contribution in [0.15, 0.2) is 24.3 Å². The number of anilines is 1. The molecule has 0 spiro atoms. The molecule has 3 rings (SSSR count). The van der Waals surface area contributed by atoms with Gasteiger partial charge in [0.2, 0.25) is 0 Å². The molecule has 3 atom stereocenters. The van der Waals surface area contributed by atoms with E-state index in [1.54, 1.807) is 5.56 Å². The normalized spacial score (nSPS) is 27.1. The van der Waals surface area contributed by atoms with Crippen LogP contribution in [0.4, 0.5) is 5.69 Å². The Hall–Kier alpha value is -1.02. The molecule has 0 aromatic heterocycles. The van der Waals surface area contributed by atoms with Crippen molar-refractivity contribution in [1.82, 2.24) is 4.90 Å². The first-order valence-electron chi connectivity index (χ1n) is 8.25. The topological polar surface area (TPSA) is 6.48 Å². The van der Waals surface area contributed by atoms with E-state index in [1.165, 1.54) is 44.2 Å². The smallest absolute Gasteiger partial charge is 0.0816 e. The van der Waals surface area contributed by atoms with Crippen LogP contribution in [-0.4, -0.2) is 31.2 Å². The highest BCUT2D eigenvalue weighted by atomic mass is 15.4. The molecule has 1 aliphatic carbocycles. The fourth-order valence-corrected chi connectivity index (χ4v) is 4.38. The van der Waals surface area contributed by atoms with Crippen LogP contribution in [0.1, 0.15) is 44.6 Å². The van der Waals surface area contributed by atoms with Crippen LogP contribution in [0.5, 0.6) is 0 Å². The summed E-state index contributed by atoms with van der Waals surface area (Å²) in [5, 5.41) is 0. The fraction of sp³-hybridized carbons (Fsp3) is 0.667. The maximum Gasteiger partial charge on any atom is 0.0816 e. The van der Waals surface area contributed by atoms with Gasteiger partial charge >= 0.3 is 0 Å². The lowest BCUT2D eigenvalue weighted by Gasteiger charge is -2.51. The van der Waals surface area contributed by atoms with E-state index in [2.05, 4.69) is 55.1 Å². The molecule has 110 valence electrons. The first-order valence-corrected chi connectivity index (χ1v) is 8.25. The minimum atomic E-state index is 0.530. The van der Waals surface area contributed by atoms with Crippen molar-refractivity contribution in [1.29, 1.82) is 0 Å². The lowest BCUT2D eigenvalue weighted by Crippen LogP contribution is -2.56. The SMILES string of the molecule is CCC(N(C)C)N1c2ccccc2C[C@@H]2CCCC[C@H]21. The molecule has 0 radical (unpaired) electrons. The molecule has 0 bridgehead atoms. The summed E-state index contributed by atoms with van der Waals surface area (Å²) in [6.07, 6.45) is 8.63. The van der Waals surface area contributed by atoms with Gasteiger partial charge in [0, 0.05) is 11.7 Å². The summed E-state index contributed by atoms with van der Waals surface area (Å²) in [5.41, 5.74) is 3.06. The van der Waals surface area contributed by atoms with E-state index < -0.39 is 0 Å². The highest BCUT2D eigenvalue weighted by molar-refractivity contribution is 5.57. The van der Waals surface area contributed by atoms with Gasteiger partial charge in [-0.05, 0) is 57.3 Å². The molecule has 1 unspecified atom stereocenters. The molecule has 0 N–H and O–H groups in total. The largest absolute Gasteiger partial charge is 0.352 e. The first-order chi connectivity index (χ1) is 9.72. The maximum absolute atomic E-state index is 2.75. The van der Waals surface area contributed by atoms with Crippen LogP contribution in [0.2, 0.25) is 0 Å². The Balaban J connectivity index is 2.02. The van der Waals surface area contributed by atoms with Crippen LogP contribution < -0.4 is 4.90 Å². The molecule has 0 amide bonds. The zero-order valence-electron chi connectivity index (χ0n) is 13.2.